The van der Waals surface area contributed by atoms with Gasteiger partial charge in [0.1, 0.15) is 12.0 Å². The molecule has 3 N–H and O–H groups in total. The number of rotatable bonds is 6. The molecule has 1 aliphatic heterocycles. The van der Waals surface area contributed by atoms with E-state index in [1.807, 2.05) is 12.1 Å². The van der Waals surface area contributed by atoms with Crippen LogP contribution in [0.5, 0.6) is 0 Å². The van der Waals surface area contributed by atoms with Crippen LogP contribution in [-0.4, -0.2) is 55.6 Å². The number of primary amides is 1. The average Bonchev–Trinajstić information content (AvgIpc) is 3.30. The Hall–Kier alpha value is -3.92. The minimum Gasteiger partial charge on any atom is -0.462 e. The molecule has 1 fully saturated rings. The summed E-state index contributed by atoms with van der Waals surface area (Å²) < 4.78 is 12.4. The topological polar surface area (TPSA) is 123 Å². The quantitative estimate of drug-likeness (QED) is 0.585. The zero-order valence-electron chi connectivity index (χ0n) is 17.1. The van der Waals surface area contributed by atoms with Crippen molar-refractivity contribution < 1.29 is 13.9 Å². The summed E-state index contributed by atoms with van der Waals surface area (Å²) in [5.74, 6) is 0.291. The summed E-state index contributed by atoms with van der Waals surface area (Å²) in [6, 6.07) is 9.60. The van der Waals surface area contributed by atoms with Gasteiger partial charge < -0.3 is 25.1 Å². The van der Waals surface area contributed by atoms with Gasteiger partial charge in [-0.1, -0.05) is 0 Å². The average molecular weight is 421 g/mol. The van der Waals surface area contributed by atoms with Crippen molar-refractivity contribution in [2.45, 2.75) is 0 Å². The third-order valence-electron chi connectivity index (χ3n) is 4.95. The maximum atomic E-state index is 11.4. The van der Waals surface area contributed by atoms with Gasteiger partial charge in [0.25, 0.3) is 5.91 Å². The molecule has 0 saturated carbocycles. The maximum absolute atomic E-state index is 11.4. The van der Waals surface area contributed by atoms with E-state index >= 15 is 0 Å². The molecule has 1 aromatic carbocycles. The second kappa shape index (κ2) is 8.84. The molecule has 0 unspecified atom stereocenters. The first-order chi connectivity index (χ1) is 15.1. The van der Waals surface area contributed by atoms with Crippen LogP contribution in [0.4, 0.5) is 17.2 Å². The number of amides is 1. The number of hydrogen-bond donors (Lipinski definition) is 2. The SMILES string of the molecule is C=Nn1c(-c2cc(C(N)=O)co2)cnc(Nc2ccc(N3CCOCC3)cc2)c1=NC. The summed E-state index contributed by atoms with van der Waals surface area (Å²) >= 11 is 0. The van der Waals surface area contributed by atoms with Crippen LogP contribution >= 0.6 is 0 Å². The van der Waals surface area contributed by atoms with Gasteiger partial charge in [0, 0.05) is 38.2 Å². The third-order valence-corrected chi connectivity index (χ3v) is 4.95. The lowest BCUT2D eigenvalue weighted by molar-refractivity contribution is 0.0999. The summed E-state index contributed by atoms with van der Waals surface area (Å²) in [4.78, 5) is 22.4. The van der Waals surface area contributed by atoms with Gasteiger partial charge in [-0.05, 0) is 30.3 Å². The summed E-state index contributed by atoms with van der Waals surface area (Å²) in [6.45, 7) is 6.86. The first-order valence-corrected chi connectivity index (χ1v) is 9.71. The number of morpholine rings is 1. The molecule has 0 bridgehead atoms. The van der Waals surface area contributed by atoms with Crippen molar-refractivity contribution in [2.24, 2.45) is 15.8 Å². The predicted molar refractivity (Wildman–Crippen MR) is 118 cm³/mol. The molecule has 10 heteroatoms. The number of furan rings is 1. The van der Waals surface area contributed by atoms with Crippen molar-refractivity contribution in [2.75, 3.05) is 43.6 Å². The van der Waals surface area contributed by atoms with E-state index in [4.69, 9.17) is 14.9 Å². The summed E-state index contributed by atoms with van der Waals surface area (Å²) in [5.41, 5.74) is 8.48. The van der Waals surface area contributed by atoms with E-state index in [2.05, 4.69) is 44.1 Å². The Balaban J connectivity index is 1.63. The van der Waals surface area contributed by atoms with E-state index in [0.29, 0.717) is 22.8 Å². The van der Waals surface area contributed by atoms with Gasteiger partial charge in [0.15, 0.2) is 17.1 Å². The Morgan fingerprint density at radius 1 is 1.26 bits per heavy atom. The lowest BCUT2D eigenvalue weighted by Crippen LogP contribution is -2.36. The number of anilines is 3. The van der Waals surface area contributed by atoms with Crippen LogP contribution in [0.3, 0.4) is 0 Å². The standard InChI is InChI=1S/C21H23N7O3/c1-23-21-20(26-15-3-5-16(6-4-15)27-7-9-30-10-8-27)25-12-17(28(21)24-2)18-11-14(13-31-18)19(22)29/h3-6,11-13H,2,7-10H2,1H3,(H2,22,29)(H,25,26). The fraction of sp³-hybridized carbons (Fsp3) is 0.238. The van der Waals surface area contributed by atoms with E-state index < -0.39 is 5.91 Å². The van der Waals surface area contributed by atoms with Crippen LogP contribution in [0, 0.1) is 0 Å². The number of nitrogens with one attached hydrogen (secondary N) is 1. The molecule has 2 aromatic heterocycles. The van der Waals surface area contributed by atoms with Gasteiger partial charge in [-0.15, -0.1) is 0 Å². The Morgan fingerprint density at radius 3 is 2.61 bits per heavy atom. The Labute approximate surface area is 178 Å². The maximum Gasteiger partial charge on any atom is 0.251 e. The fourth-order valence-corrected chi connectivity index (χ4v) is 3.37. The number of carbonyl (C=O) groups excluding carboxylic acids is 1. The fourth-order valence-electron chi connectivity index (χ4n) is 3.37. The lowest BCUT2D eigenvalue weighted by atomic mass is 10.2. The Kier molecular flexibility index (Phi) is 5.80. The van der Waals surface area contributed by atoms with Crippen LogP contribution in [0.2, 0.25) is 0 Å². The zero-order valence-corrected chi connectivity index (χ0v) is 17.1. The summed E-state index contributed by atoms with van der Waals surface area (Å²) in [5, 5.41) is 7.32. The van der Waals surface area contributed by atoms with Crippen molar-refractivity contribution in [1.82, 2.24) is 9.66 Å². The molecule has 0 spiro atoms. The van der Waals surface area contributed by atoms with Gasteiger partial charge in [-0.2, -0.15) is 5.10 Å². The van der Waals surface area contributed by atoms with Crippen LogP contribution < -0.4 is 21.4 Å². The number of ether oxygens (including phenoxy) is 1. The zero-order chi connectivity index (χ0) is 21.8. The lowest BCUT2D eigenvalue weighted by Gasteiger charge is -2.28. The number of nitrogens with two attached hydrogens (primary N) is 1. The van der Waals surface area contributed by atoms with Gasteiger partial charge in [0.2, 0.25) is 0 Å². The molecule has 3 heterocycles. The highest BCUT2D eigenvalue weighted by molar-refractivity contribution is 5.93. The van der Waals surface area contributed by atoms with Crippen LogP contribution in [0.15, 0.2) is 57.3 Å². The van der Waals surface area contributed by atoms with E-state index in [9.17, 15) is 4.79 Å². The molecule has 0 radical (unpaired) electrons. The number of nitrogens with zero attached hydrogens (tertiary/aromatic N) is 5. The van der Waals surface area contributed by atoms with E-state index in [1.54, 1.807) is 13.2 Å². The first kappa shape index (κ1) is 20.4. The molecule has 0 aliphatic carbocycles. The normalized spacial score (nSPS) is 14.5. The number of carbonyl (C=O) groups is 1. The van der Waals surface area contributed by atoms with Crippen LogP contribution in [0.25, 0.3) is 11.5 Å². The molecule has 10 nitrogen and oxygen atoms in total. The molecule has 1 aliphatic rings. The number of aromatic nitrogens is 2. The van der Waals surface area contributed by atoms with Crippen molar-refractivity contribution >= 4 is 29.8 Å². The number of benzene rings is 1. The third kappa shape index (κ3) is 4.19. The molecule has 31 heavy (non-hydrogen) atoms. The molecule has 3 aromatic rings. The van der Waals surface area contributed by atoms with Gasteiger partial charge >= 0.3 is 0 Å². The molecule has 1 amide bonds. The van der Waals surface area contributed by atoms with Gasteiger partial charge in [0.05, 0.1) is 25.0 Å². The van der Waals surface area contributed by atoms with Gasteiger partial charge in [-0.3, -0.25) is 9.79 Å². The molecule has 160 valence electrons. The predicted octanol–water partition coefficient (Wildman–Crippen LogP) is 1.82. The highest BCUT2D eigenvalue weighted by Crippen LogP contribution is 2.23. The van der Waals surface area contributed by atoms with E-state index in [-0.39, 0.29) is 5.56 Å². The van der Waals surface area contributed by atoms with Crippen molar-refractivity contribution in [1.29, 1.82) is 0 Å². The largest absolute Gasteiger partial charge is 0.462 e. The highest BCUT2D eigenvalue weighted by atomic mass is 16.5. The Morgan fingerprint density at radius 2 is 2.00 bits per heavy atom. The van der Waals surface area contributed by atoms with E-state index in [1.165, 1.54) is 17.0 Å². The molecule has 1 saturated heterocycles. The molecular formula is C21H23N7O3. The molecule has 0 atom stereocenters. The minimum atomic E-state index is -0.583. The smallest absolute Gasteiger partial charge is 0.251 e. The molecule has 4 rings (SSSR count). The van der Waals surface area contributed by atoms with Crippen molar-refractivity contribution in [3.63, 3.8) is 0 Å². The van der Waals surface area contributed by atoms with Crippen molar-refractivity contribution in [3.05, 3.63) is 53.8 Å². The monoisotopic (exact) mass is 421 g/mol. The second-order valence-electron chi connectivity index (χ2n) is 6.83. The van der Waals surface area contributed by atoms with Gasteiger partial charge in [-0.25, -0.2) is 9.66 Å². The molecular weight excluding hydrogens is 398 g/mol. The number of hydrogen-bond acceptors (Lipinski definition) is 8. The highest BCUT2D eigenvalue weighted by Gasteiger charge is 2.16. The van der Waals surface area contributed by atoms with Crippen LogP contribution in [0.1, 0.15) is 10.4 Å². The minimum absolute atomic E-state index is 0.253. The second-order valence-corrected chi connectivity index (χ2v) is 6.83. The van der Waals surface area contributed by atoms with Crippen molar-refractivity contribution in [3.8, 4) is 11.5 Å². The summed E-state index contributed by atoms with van der Waals surface area (Å²) in [6.07, 6.45) is 2.85. The van der Waals surface area contributed by atoms with E-state index in [0.717, 1.165) is 37.7 Å². The van der Waals surface area contributed by atoms with Crippen LogP contribution in [-0.2, 0) is 4.74 Å². The Bertz CT molecular complexity index is 1160. The summed E-state index contributed by atoms with van der Waals surface area (Å²) in [7, 11) is 1.63. The first-order valence-electron chi connectivity index (χ1n) is 9.71.